The monoisotopic (exact) mass is 398 g/mol. The Morgan fingerprint density at radius 2 is 0.786 bits per heavy atom. The summed E-state index contributed by atoms with van der Waals surface area (Å²) in [7, 11) is 0. The Morgan fingerprint density at radius 3 is 1.14 bits per heavy atom. The van der Waals surface area contributed by atoms with Crippen LogP contribution < -0.4 is 0 Å². The van der Waals surface area contributed by atoms with Crippen LogP contribution in [0.4, 0.5) is 0 Å². The Labute approximate surface area is 174 Å². The van der Waals surface area contributed by atoms with Gasteiger partial charge in [0.25, 0.3) is 0 Å². The van der Waals surface area contributed by atoms with Crippen molar-refractivity contribution in [1.29, 1.82) is 0 Å². The van der Waals surface area contributed by atoms with Crippen molar-refractivity contribution < 1.29 is 19.1 Å². The quantitative estimate of drug-likeness (QED) is 0.152. The summed E-state index contributed by atoms with van der Waals surface area (Å²) in [5.74, 6) is -0.386. The molecule has 0 saturated heterocycles. The van der Waals surface area contributed by atoms with Gasteiger partial charge < -0.3 is 9.47 Å². The zero-order chi connectivity index (χ0) is 20.7. The Bertz CT molecular complexity index is 355. The van der Waals surface area contributed by atoms with E-state index in [0.29, 0.717) is 32.5 Å². The minimum atomic E-state index is -0.194. The number of ether oxygens (including phenoxy) is 2. The summed E-state index contributed by atoms with van der Waals surface area (Å²) in [6.07, 6.45) is 19.5. The van der Waals surface area contributed by atoms with E-state index in [2.05, 4.69) is 13.8 Å². The van der Waals surface area contributed by atoms with Crippen molar-refractivity contribution in [2.24, 2.45) is 0 Å². The Hall–Kier alpha value is -1.06. The minimum absolute atomic E-state index is 0.191. The minimum Gasteiger partial charge on any atom is -0.466 e. The van der Waals surface area contributed by atoms with Gasteiger partial charge in [0, 0.05) is 12.8 Å². The van der Waals surface area contributed by atoms with Crippen molar-refractivity contribution >= 4 is 11.9 Å². The van der Waals surface area contributed by atoms with Gasteiger partial charge in [-0.1, -0.05) is 97.3 Å². The predicted molar refractivity (Wildman–Crippen MR) is 116 cm³/mol. The van der Waals surface area contributed by atoms with Crippen LogP contribution in [0.25, 0.3) is 0 Å². The number of carbonyl (C=O) groups excluding carboxylic acids is 2. The third-order valence-electron chi connectivity index (χ3n) is 5.03. The van der Waals surface area contributed by atoms with Crippen LogP contribution in [0, 0.1) is 0 Å². The summed E-state index contributed by atoms with van der Waals surface area (Å²) >= 11 is 0. The number of carbonyl (C=O) groups is 2. The summed E-state index contributed by atoms with van der Waals surface area (Å²) in [6.45, 7) is 5.46. The van der Waals surface area contributed by atoms with Crippen LogP contribution in [0.5, 0.6) is 0 Å². The van der Waals surface area contributed by atoms with E-state index in [9.17, 15) is 9.59 Å². The Morgan fingerprint density at radius 1 is 0.464 bits per heavy atom. The molecule has 0 aliphatic carbocycles. The maximum atomic E-state index is 11.7. The van der Waals surface area contributed by atoms with Gasteiger partial charge in [0.2, 0.25) is 0 Å². The Kier molecular flexibility index (Phi) is 21.4. The lowest BCUT2D eigenvalue weighted by Crippen LogP contribution is -2.09. The highest BCUT2D eigenvalue weighted by Gasteiger charge is 2.07. The molecule has 0 fully saturated rings. The predicted octanol–water partition coefficient (Wildman–Crippen LogP) is 7.13. The van der Waals surface area contributed by atoms with Crippen molar-refractivity contribution in [1.82, 2.24) is 0 Å². The van der Waals surface area contributed by atoms with E-state index >= 15 is 0 Å². The first kappa shape index (κ1) is 26.9. The van der Waals surface area contributed by atoms with E-state index in [1.54, 1.807) is 0 Å². The standard InChI is InChI=1S/C24H46O4/c1-3-5-7-9-11-12-13-15-17-22-28-24(26)20-18-19-23(25)27-21-16-14-10-8-6-4-2/h3-22H2,1-2H3. The summed E-state index contributed by atoms with van der Waals surface area (Å²) in [5.41, 5.74) is 0. The van der Waals surface area contributed by atoms with Crippen LogP contribution in [0.15, 0.2) is 0 Å². The molecule has 0 atom stereocenters. The van der Waals surface area contributed by atoms with Crippen molar-refractivity contribution in [2.45, 2.75) is 129 Å². The molecule has 28 heavy (non-hydrogen) atoms. The second-order valence-corrected chi connectivity index (χ2v) is 7.89. The maximum absolute atomic E-state index is 11.7. The number of unbranched alkanes of at least 4 members (excludes halogenated alkanes) is 13. The van der Waals surface area contributed by atoms with Crippen molar-refractivity contribution in [3.05, 3.63) is 0 Å². The molecule has 0 aliphatic rings. The molecule has 4 nitrogen and oxygen atoms in total. The molecule has 0 radical (unpaired) electrons. The van der Waals surface area contributed by atoms with E-state index in [-0.39, 0.29) is 11.9 Å². The summed E-state index contributed by atoms with van der Waals surface area (Å²) in [5, 5.41) is 0. The average molecular weight is 399 g/mol. The fourth-order valence-corrected chi connectivity index (χ4v) is 3.19. The van der Waals surface area contributed by atoms with Gasteiger partial charge in [0.15, 0.2) is 0 Å². The molecule has 0 aromatic heterocycles. The van der Waals surface area contributed by atoms with Crippen molar-refractivity contribution in [3.8, 4) is 0 Å². The van der Waals surface area contributed by atoms with Gasteiger partial charge in [-0.3, -0.25) is 9.59 Å². The number of hydrogen-bond acceptors (Lipinski definition) is 4. The van der Waals surface area contributed by atoms with Crippen molar-refractivity contribution in [2.75, 3.05) is 13.2 Å². The molecule has 0 rings (SSSR count). The zero-order valence-corrected chi connectivity index (χ0v) is 18.8. The normalized spacial score (nSPS) is 10.8. The smallest absolute Gasteiger partial charge is 0.305 e. The molecule has 0 amide bonds. The maximum Gasteiger partial charge on any atom is 0.305 e. The average Bonchev–Trinajstić information content (AvgIpc) is 2.68. The summed E-state index contributed by atoms with van der Waals surface area (Å²) < 4.78 is 10.4. The molecule has 0 unspecified atom stereocenters. The van der Waals surface area contributed by atoms with Crippen LogP contribution in [0.3, 0.4) is 0 Å². The SMILES string of the molecule is CCCCCCCCCCCOC(=O)CCCC(=O)OCCCCCCCC. The molecule has 4 heteroatoms. The highest BCUT2D eigenvalue weighted by Crippen LogP contribution is 2.10. The van der Waals surface area contributed by atoms with E-state index in [1.807, 2.05) is 0 Å². The molecule has 0 aromatic carbocycles. The molecular weight excluding hydrogens is 352 g/mol. The fourth-order valence-electron chi connectivity index (χ4n) is 3.19. The molecule has 0 bridgehead atoms. The summed E-state index contributed by atoms with van der Waals surface area (Å²) in [4.78, 5) is 23.3. The highest BCUT2D eigenvalue weighted by atomic mass is 16.5. The molecule has 0 heterocycles. The van der Waals surface area contributed by atoms with E-state index in [0.717, 1.165) is 25.7 Å². The molecule has 0 aliphatic heterocycles. The van der Waals surface area contributed by atoms with Crippen LogP contribution in [0.1, 0.15) is 129 Å². The molecule has 0 saturated carbocycles. The van der Waals surface area contributed by atoms with Gasteiger partial charge in [-0.15, -0.1) is 0 Å². The number of hydrogen-bond donors (Lipinski definition) is 0. The van der Waals surface area contributed by atoms with E-state index in [1.165, 1.54) is 70.6 Å². The van der Waals surface area contributed by atoms with Gasteiger partial charge in [-0.25, -0.2) is 0 Å². The van der Waals surface area contributed by atoms with Gasteiger partial charge in [-0.2, -0.15) is 0 Å². The number of rotatable bonds is 21. The lowest BCUT2D eigenvalue weighted by molar-refractivity contribution is -0.145. The van der Waals surface area contributed by atoms with Gasteiger partial charge in [0.05, 0.1) is 13.2 Å². The van der Waals surface area contributed by atoms with Gasteiger partial charge in [-0.05, 0) is 19.3 Å². The van der Waals surface area contributed by atoms with Crippen LogP contribution in [0.2, 0.25) is 0 Å². The fraction of sp³-hybridized carbons (Fsp3) is 0.917. The first-order valence-electron chi connectivity index (χ1n) is 12.0. The lowest BCUT2D eigenvalue weighted by atomic mass is 10.1. The third-order valence-corrected chi connectivity index (χ3v) is 5.03. The van der Waals surface area contributed by atoms with Gasteiger partial charge >= 0.3 is 11.9 Å². The van der Waals surface area contributed by atoms with Gasteiger partial charge in [0.1, 0.15) is 0 Å². The molecule has 166 valence electrons. The third kappa shape index (κ3) is 21.2. The van der Waals surface area contributed by atoms with Crippen LogP contribution >= 0.6 is 0 Å². The second-order valence-electron chi connectivity index (χ2n) is 7.89. The first-order chi connectivity index (χ1) is 13.7. The molecule has 0 aromatic rings. The van der Waals surface area contributed by atoms with Crippen LogP contribution in [-0.2, 0) is 19.1 Å². The van der Waals surface area contributed by atoms with E-state index < -0.39 is 0 Å². The number of esters is 2. The zero-order valence-electron chi connectivity index (χ0n) is 18.8. The topological polar surface area (TPSA) is 52.6 Å². The summed E-state index contributed by atoms with van der Waals surface area (Å²) in [6, 6.07) is 0. The van der Waals surface area contributed by atoms with Crippen LogP contribution in [-0.4, -0.2) is 25.2 Å². The molecule has 0 spiro atoms. The lowest BCUT2D eigenvalue weighted by Gasteiger charge is -2.06. The van der Waals surface area contributed by atoms with Crippen molar-refractivity contribution in [3.63, 3.8) is 0 Å². The highest BCUT2D eigenvalue weighted by molar-refractivity contribution is 5.72. The Balaban J connectivity index is 3.30. The largest absolute Gasteiger partial charge is 0.466 e. The molecular formula is C24H46O4. The second kappa shape index (κ2) is 22.2. The van der Waals surface area contributed by atoms with E-state index in [4.69, 9.17) is 9.47 Å². The molecule has 0 N–H and O–H groups in total. The first-order valence-corrected chi connectivity index (χ1v) is 12.0.